The molecular weight excluding hydrogens is 186 g/mol. The van der Waals surface area contributed by atoms with Crippen LogP contribution in [0.4, 0.5) is 5.69 Å². The topological polar surface area (TPSA) is 41.3 Å². The number of hydrazine groups is 1. The third-order valence-corrected chi connectivity index (χ3v) is 3.06. The molecule has 1 fully saturated rings. The lowest BCUT2D eigenvalue weighted by molar-refractivity contribution is 0.312. The van der Waals surface area contributed by atoms with E-state index < -0.39 is 0 Å². The molecule has 1 aromatic rings. The molecule has 0 aliphatic carbocycles. The summed E-state index contributed by atoms with van der Waals surface area (Å²) >= 11 is 0. The second kappa shape index (κ2) is 4.64. The van der Waals surface area contributed by atoms with Crippen LogP contribution in [0.15, 0.2) is 24.3 Å². The summed E-state index contributed by atoms with van der Waals surface area (Å²) in [6, 6.07) is 8.84. The summed E-state index contributed by atoms with van der Waals surface area (Å²) in [4.78, 5) is 0. The van der Waals surface area contributed by atoms with Crippen LogP contribution >= 0.6 is 0 Å². The molecule has 1 heterocycles. The molecule has 1 saturated heterocycles. The lowest BCUT2D eigenvalue weighted by atomic mass is 10.2. The Labute approximate surface area is 91.2 Å². The molecule has 0 radical (unpaired) electrons. The molecule has 15 heavy (non-hydrogen) atoms. The molecule has 0 spiro atoms. The fourth-order valence-corrected chi connectivity index (χ4v) is 2.08. The van der Waals surface area contributed by atoms with Crippen molar-refractivity contribution in [3.63, 3.8) is 0 Å². The van der Waals surface area contributed by atoms with Gasteiger partial charge in [-0.05, 0) is 31.4 Å². The van der Waals surface area contributed by atoms with Crippen LogP contribution in [0.2, 0.25) is 0 Å². The summed E-state index contributed by atoms with van der Waals surface area (Å²) in [7, 11) is 0. The van der Waals surface area contributed by atoms with Crippen LogP contribution in [-0.2, 0) is 0 Å². The Morgan fingerprint density at radius 3 is 3.00 bits per heavy atom. The minimum Gasteiger partial charge on any atom is -0.329 e. The van der Waals surface area contributed by atoms with Gasteiger partial charge in [0.05, 0.1) is 5.69 Å². The second-order valence-electron chi connectivity index (χ2n) is 4.15. The van der Waals surface area contributed by atoms with E-state index in [1.807, 2.05) is 0 Å². The SMILES string of the molecule is Cc1ccccc1NN1CCCC1CN. The Balaban J connectivity index is 2.05. The molecule has 1 aliphatic heterocycles. The number of hydrogen-bond acceptors (Lipinski definition) is 3. The Bertz CT molecular complexity index is 324. The highest BCUT2D eigenvalue weighted by Crippen LogP contribution is 2.20. The molecule has 3 N–H and O–H groups in total. The molecule has 3 heteroatoms. The maximum absolute atomic E-state index is 5.73. The van der Waals surface area contributed by atoms with Gasteiger partial charge in [0, 0.05) is 19.1 Å². The maximum atomic E-state index is 5.73. The van der Waals surface area contributed by atoms with Gasteiger partial charge in [0.2, 0.25) is 0 Å². The summed E-state index contributed by atoms with van der Waals surface area (Å²) in [5, 5.41) is 2.27. The van der Waals surface area contributed by atoms with Gasteiger partial charge in [-0.25, -0.2) is 5.01 Å². The third kappa shape index (κ3) is 2.30. The van der Waals surface area contributed by atoms with E-state index in [1.165, 1.54) is 24.1 Å². The van der Waals surface area contributed by atoms with Gasteiger partial charge in [0.1, 0.15) is 0 Å². The lowest BCUT2D eigenvalue weighted by Crippen LogP contribution is -2.39. The highest BCUT2D eigenvalue weighted by molar-refractivity contribution is 5.49. The van der Waals surface area contributed by atoms with Crippen molar-refractivity contribution in [2.75, 3.05) is 18.5 Å². The van der Waals surface area contributed by atoms with Crippen LogP contribution < -0.4 is 11.2 Å². The van der Waals surface area contributed by atoms with Gasteiger partial charge < -0.3 is 11.2 Å². The smallest absolute Gasteiger partial charge is 0.0519 e. The normalized spacial score (nSPS) is 21.9. The Hall–Kier alpha value is -1.06. The largest absolute Gasteiger partial charge is 0.329 e. The minimum atomic E-state index is 0.490. The number of aryl methyl sites for hydroxylation is 1. The Kier molecular flexibility index (Phi) is 3.23. The number of rotatable bonds is 3. The Morgan fingerprint density at radius 2 is 2.27 bits per heavy atom. The standard InChI is InChI=1S/C12H19N3/c1-10-5-2-3-7-12(10)14-15-8-4-6-11(15)9-13/h2-3,5,7,11,14H,4,6,8-9,13H2,1H3. The van der Waals surface area contributed by atoms with Crippen LogP contribution in [-0.4, -0.2) is 24.1 Å². The highest BCUT2D eigenvalue weighted by atomic mass is 15.5. The molecule has 0 bridgehead atoms. The molecule has 3 nitrogen and oxygen atoms in total. The predicted molar refractivity (Wildman–Crippen MR) is 63.6 cm³/mol. The van der Waals surface area contributed by atoms with E-state index in [-0.39, 0.29) is 0 Å². The van der Waals surface area contributed by atoms with Crippen LogP contribution in [0.1, 0.15) is 18.4 Å². The first-order valence-electron chi connectivity index (χ1n) is 5.60. The number of anilines is 1. The van der Waals surface area contributed by atoms with Crippen molar-refractivity contribution in [3.8, 4) is 0 Å². The first-order valence-corrected chi connectivity index (χ1v) is 5.60. The van der Waals surface area contributed by atoms with Gasteiger partial charge in [-0.2, -0.15) is 0 Å². The molecular formula is C12H19N3. The van der Waals surface area contributed by atoms with Crippen molar-refractivity contribution >= 4 is 5.69 Å². The molecule has 0 amide bonds. The van der Waals surface area contributed by atoms with E-state index in [0.29, 0.717) is 6.04 Å². The van der Waals surface area contributed by atoms with Gasteiger partial charge in [0.15, 0.2) is 0 Å². The molecule has 82 valence electrons. The second-order valence-corrected chi connectivity index (χ2v) is 4.15. The van der Waals surface area contributed by atoms with E-state index in [2.05, 4.69) is 41.6 Å². The average Bonchev–Trinajstić information content (AvgIpc) is 2.69. The Morgan fingerprint density at radius 1 is 1.47 bits per heavy atom. The number of para-hydroxylation sites is 1. The molecule has 1 aliphatic rings. The summed E-state index contributed by atoms with van der Waals surface area (Å²) in [6.07, 6.45) is 2.44. The average molecular weight is 205 g/mol. The minimum absolute atomic E-state index is 0.490. The summed E-state index contributed by atoms with van der Waals surface area (Å²) in [5.41, 5.74) is 11.7. The van der Waals surface area contributed by atoms with Crippen molar-refractivity contribution in [2.24, 2.45) is 5.73 Å². The van der Waals surface area contributed by atoms with Crippen LogP contribution in [0.5, 0.6) is 0 Å². The van der Waals surface area contributed by atoms with Gasteiger partial charge in [-0.15, -0.1) is 0 Å². The zero-order valence-electron chi connectivity index (χ0n) is 9.24. The van der Waals surface area contributed by atoms with E-state index >= 15 is 0 Å². The zero-order valence-corrected chi connectivity index (χ0v) is 9.24. The van der Waals surface area contributed by atoms with Gasteiger partial charge in [0.25, 0.3) is 0 Å². The highest BCUT2D eigenvalue weighted by Gasteiger charge is 2.23. The quantitative estimate of drug-likeness (QED) is 0.790. The van der Waals surface area contributed by atoms with Crippen LogP contribution in [0.3, 0.4) is 0 Å². The fraction of sp³-hybridized carbons (Fsp3) is 0.500. The van der Waals surface area contributed by atoms with Crippen LogP contribution in [0, 0.1) is 6.92 Å². The number of nitrogens with zero attached hydrogens (tertiary/aromatic N) is 1. The molecule has 0 aromatic heterocycles. The number of nitrogens with one attached hydrogen (secondary N) is 1. The monoisotopic (exact) mass is 205 g/mol. The number of nitrogens with two attached hydrogens (primary N) is 1. The van der Waals surface area contributed by atoms with E-state index in [9.17, 15) is 0 Å². The molecule has 1 atom stereocenters. The summed E-state index contributed by atoms with van der Waals surface area (Å²) < 4.78 is 0. The zero-order chi connectivity index (χ0) is 10.7. The first-order chi connectivity index (χ1) is 7.31. The van der Waals surface area contributed by atoms with Crippen molar-refractivity contribution in [1.82, 2.24) is 5.01 Å². The first kappa shape index (κ1) is 10.5. The molecule has 1 unspecified atom stereocenters. The van der Waals surface area contributed by atoms with Gasteiger partial charge in [-0.3, -0.25) is 0 Å². The van der Waals surface area contributed by atoms with E-state index in [1.54, 1.807) is 0 Å². The predicted octanol–water partition coefficient (Wildman–Crippen LogP) is 1.75. The fourth-order valence-electron chi connectivity index (χ4n) is 2.08. The van der Waals surface area contributed by atoms with Crippen molar-refractivity contribution < 1.29 is 0 Å². The van der Waals surface area contributed by atoms with Crippen molar-refractivity contribution in [1.29, 1.82) is 0 Å². The molecule has 1 aromatic carbocycles. The summed E-state index contributed by atoms with van der Waals surface area (Å²) in [5.74, 6) is 0. The third-order valence-electron chi connectivity index (χ3n) is 3.06. The van der Waals surface area contributed by atoms with Crippen molar-refractivity contribution in [2.45, 2.75) is 25.8 Å². The lowest BCUT2D eigenvalue weighted by Gasteiger charge is -2.25. The maximum Gasteiger partial charge on any atom is 0.0519 e. The molecule has 0 saturated carbocycles. The number of benzene rings is 1. The van der Waals surface area contributed by atoms with Gasteiger partial charge in [-0.1, -0.05) is 18.2 Å². The van der Waals surface area contributed by atoms with Crippen molar-refractivity contribution in [3.05, 3.63) is 29.8 Å². The number of hydrogen-bond donors (Lipinski definition) is 2. The van der Waals surface area contributed by atoms with E-state index in [0.717, 1.165) is 13.1 Å². The van der Waals surface area contributed by atoms with Crippen LogP contribution in [0.25, 0.3) is 0 Å². The van der Waals surface area contributed by atoms with E-state index in [4.69, 9.17) is 5.73 Å². The molecule has 2 rings (SSSR count). The van der Waals surface area contributed by atoms with Gasteiger partial charge >= 0.3 is 0 Å². The summed E-state index contributed by atoms with van der Waals surface area (Å²) in [6.45, 7) is 3.95.